The number of aromatic nitrogens is 1. The first-order valence-corrected chi connectivity index (χ1v) is 14.1. The Morgan fingerprint density at radius 1 is 0.925 bits per heavy atom. The van der Waals surface area contributed by atoms with Gasteiger partial charge in [0.2, 0.25) is 5.91 Å². The summed E-state index contributed by atoms with van der Waals surface area (Å²) in [7, 11) is 4.07. The van der Waals surface area contributed by atoms with Crippen molar-refractivity contribution < 1.29 is 19.0 Å². The van der Waals surface area contributed by atoms with Gasteiger partial charge in [-0.25, -0.2) is 4.98 Å². The van der Waals surface area contributed by atoms with Crippen LogP contribution >= 0.6 is 0 Å². The number of fused-ring (bicyclic) bond motifs is 1. The van der Waals surface area contributed by atoms with Crippen molar-refractivity contribution in [3.8, 4) is 17.0 Å². The summed E-state index contributed by atoms with van der Waals surface area (Å²) in [6.07, 6.45) is 0.809. The fourth-order valence-corrected chi connectivity index (χ4v) is 3.82. The van der Waals surface area contributed by atoms with Crippen LogP contribution in [0.4, 0.5) is 5.69 Å². The first-order valence-electron chi connectivity index (χ1n) is 14.1. The molecule has 0 aliphatic rings. The first kappa shape index (κ1) is 31.3. The van der Waals surface area contributed by atoms with Crippen LogP contribution in [0.3, 0.4) is 0 Å². The molecule has 2 aromatic carbocycles. The minimum atomic E-state index is -0.0792. The van der Waals surface area contributed by atoms with Gasteiger partial charge in [0.15, 0.2) is 0 Å². The van der Waals surface area contributed by atoms with Gasteiger partial charge in [-0.2, -0.15) is 0 Å². The molecule has 3 rings (SSSR count). The molecule has 1 aromatic heterocycles. The summed E-state index contributed by atoms with van der Waals surface area (Å²) >= 11 is 0. The number of amides is 1. The maximum absolute atomic E-state index is 11.9. The molecule has 3 aromatic rings. The van der Waals surface area contributed by atoms with Crippen LogP contribution in [-0.2, 0) is 14.3 Å². The van der Waals surface area contributed by atoms with E-state index in [4.69, 9.17) is 19.2 Å². The van der Waals surface area contributed by atoms with Crippen molar-refractivity contribution in [2.24, 2.45) is 5.41 Å². The lowest BCUT2D eigenvalue weighted by molar-refractivity contribution is -0.127. The number of nitrogens with zero attached hydrogens (tertiary/aromatic N) is 2. The second-order valence-electron chi connectivity index (χ2n) is 11.3. The summed E-state index contributed by atoms with van der Waals surface area (Å²) in [5, 5.41) is 7.28. The average molecular weight is 551 g/mol. The summed E-state index contributed by atoms with van der Waals surface area (Å²) in [4.78, 5) is 18.8. The van der Waals surface area contributed by atoms with E-state index in [1.807, 2.05) is 39.2 Å². The quantitative estimate of drug-likeness (QED) is 0.245. The van der Waals surface area contributed by atoms with Crippen molar-refractivity contribution in [3.05, 3.63) is 54.6 Å². The summed E-state index contributed by atoms with van der Waals surface area (Å²) in [5.74, 6) is 0.755. The maximum Gasteiger partial charge on any atom is 0.246 e. The highest BCUT2D eigenvalue weighted by molar-refractivity contribution is 5.83. The molecule has 8 heteroatoms. The highest BCUT2D eigenvalue weighted by Crippen LogP contribution is 2.25. The minimum Gasteiger partial charge on any atom is -0.493 e. The fraction of sp³-hybridized carbons (Fsp3) is 0.500. The van der Waals surface area contributed by atoms with E-state index in [0.29, 0.717) is 33.0 Å². The molecule has 40 heavy (non-hydrogen) atoms. The van der Waals surface area contributed by atoms with Gasteiger partial charge in [-0.05, 0) is 48.7 Å². The van der Waals surface area contributed by atoms with Crippen LogP contribution in [0.2, 0.25) is 0 Å². The second kappa shape index (κ2) is 15.6. The smallest absolute Gasteiger partial charge is 0.246 e. The van der Waals surface area contributed by atoms with Gasteiger partial charge in [0.25, 0.3) is 0 Å². The Kier molecular flexibility index (Phi) is 12.2. The molecular weight excluding hydrogens is 504 g/mol. The number of rotatable bonds is 16. The van der Waals surface area contributed by atoms with Crippen LogP contribution < -0.4 is 20.3 Å². The third-order valence-corrected chi connectivity index (χ3v) is 6.80. The van der Waals surface area contributed by atoms with Crippen molar-refractivity contribution in [1.82, 2.24) is 15.6 Å². The van der Waals surface area contributed by atoms with E-state index in [1.54, 1.807) is 0 Å². The van der Waals surface area contributed by atoms with Crippen LogP contribution in [0.5, 0.6) is 5.75 Å². The Hall–Kier alpha value is -3.20. The molecule has 0 saturated carbocycles. The number of benzene rings is 2. The molecule has 0 fully saturated rings. The molecule has 0 aliphatic carbocycles. The van der Waals surface area contributed by atoms with E-state index in [0.717, 1.165) is 40.9 Å². The van der Waals surface area contributed by atoms with Crippen LogP contribution in [-0.4, -0.2) is 77.2 Å². The van der Waals surface area contributed by atoms with Gasteiger partial charge in [-0.15, -0.1) is 0 Å². The number of ether oxygens (including phenoxy) is 3. The fourth-order valence-electron chi connectivity index (χ4n) is 3.82. The predicted molar refractivity (Wildman–Crippen MR) is 163 cm³/mol. The van der Waals surface area contributed by atoms with E-state index in [9.17, 15) is 4.79 Å². The molecule has 0 radical (unpaired) electrons. The minimum absolute atomic E-state index is 0.0305. The number of carbonyl (C=O) groups is 1. The van der Waals surface area contributed by atoms with Crippen LogP contribution in [0.25, 0.3) is 22.2 Å². The Balaban J connectivity index is 1.24. The lowest BCUT2D eigenvalue weighted by Crippen LogP contribution is -2.43. The number of carbonyl (C=O) groups excluding carboxylic acids is 1. The summed E-state index contributed by atoms with van der Waals surface area (Å²) in [6, 6.07) is 18.7. The molecule has 1 unspecified atom stereocenters. The van der Waals surface area contributed by atoms with Crippen molar-refractivity contribution in [3.63, 3.8) is 0 Å². The number of anilines is 1. The molecule has 2 N–H and O–H groups in total. The van der Waals surface area contributed by atoms with E-state index in [-0.39, 0.29) is 24.0 Å². The first-order chi connectivity index (χ1) is 19.1. The van der Waals surface area contributed by atoms with Crippen molar-refractivity contribution in [1.29, 1.82) is 0 Å². The van der Waals surface area contributed by atoms with Gasteiger partial charge in [-0.1, -0.05) is 39.0 Å². The van der Waals surface area contributed by atoms with E-state index in [1.165, 1.54) is 5.69 Å². The van der Waals surface area contributed by atoms with Crippen molar-refractivity contribution in [2.75, 3.05) is 65.1 Å². The maximum atomic E-state index is 11.9. The topological polar surface area (TPSA) is 85.0 Å². The molecule has 1 atom stereocenters. The van der Waals surface area contributed by atoms with E-state index in [2.05, 4.69) is 72.7 Å². The third-order valence-electron chi connectivity index (χ3n) is 6.80. The van der Waals surface area contributed by atoms with E-state index < -0.39 is 0 Å². The number of pyridine rings is 1. The van der Waals surface area contributed by atoms with Gasteiger partial charge in [0, 0.05) is 62.9 Å². The van der Waals surface area contributed by atoms with Gasteiger partial charge in [0.1, 0.15) is 12.4 Å². The van der Waals surface area contributed by atoms with Gasteiger partial charge >= 0.3 is 0 Å². The molecule has 0 aliphatic heterocycles. The van der Waals surface area contributed by atoms with Crippen molar-refractivity contribution in [2.45, 2.75) is 40.2 Å². The highest BCUT2D eigenvalue weighted by atomic mass is 16.5. The molecule has 0 saturated heterocycles. The number of hydrogen-bond donors (Lipinski definition) is 2. The van der Waals surface area contributed by atoms with Gasteiger partial charge in [0.05, 0.1) is 31.0 Å². The van der Waals surface area contributed by atoms with Gasteiger partial charge in [-0.3, -0.25) is 4.79 Å². The van der Waals surface area contributed by atoms with Crippen molar-refractivity contribution >= 4 is 22.5 Å². The lowest BCUT2D eigenvalue weighted by atomic mass is 9.88. The molecular formula is C32H46N4O4. The lowest BCUT2D eigenvalue weighted by Gasteiger charge is -2.28. The highest BCUT2D eigenvalue weighted by Gasteiger charge is 2.21. The number of hydrogen-bond acceptors (Lipinski definition) is 7. The molecule has 1 amide bonds. The SMILES string of the molecule is CC(NC(=O)COCCNCCOCCCOc1ccc2nc(-c3ccc(N(C)C)cc3)ccc2c1)C(C)(C)C. The zero-order valence-electron chi connectivity index (χ0n) is 25.0. The summed E-state index contributed by atoms with van der Waals surface area (Å²) in [6.45, 7) is 12.1. The zero-order chi connectivity index (χ0) is 29.0. The summed E-state index contributed by atoms with van der Waals surface area (Å²) in [5.41, 5.74) is 4.20. The standard InChI is InChI=1S/C32H46N4O4/c1-24(32(2,3)4)34-31(37)23-39-21-17-33-16-20-38-18-7-19-40-28-13-15-30-26(22-28)10-14-29(35-30)25-8-11-27(12-9-25)36(5)6/h8-15,22,24,33H,7,16-21,23H2,1-6H3,(H,34,37). The Labute approximate surface area is 239 Å². The Bertz CT molecular complexity index is 1190. The monoisotopic (exact) mass is 550 g/mol. The molecule has 0 bridgehead atoms. The normalized spacial score (nSPS) is 12.3. The molecule has 218 valence electrons. The van der Waals surface area contributed by atoms with Gasteiger partial charge < -0.3 is 29.7 Å². The average Bonchev–Trinajstić information content (AvgIpc) is 2.92. The molecule has 8 nitrogen and oxygen atoms in total. The largest absolute Gasteiger partial charge is 0.493 e. The number of nitrogens with one attached hydrogen (secondary N) is 2. The zero-order valence-corrected chi connectivity index (χ0v) is 25.0. The molecule has 0 spiro atoms. The van der Waals surface area contributed by atoms with E-state index >= 15 is 0 Å². The predicted octanol–water partition coefficient (Wildman–Crippen LogP) is 4.91. The van der Waals surface area contributed by atoms with Crippen LogP contribution in [0.15, 0.2) is 54.6 Å². The van der Waals surface area contributed by atoms with Crippen LogP contribution in [0.1, 0.15) is 34.1 Å². The van der Waals surface area contributed by atoms with Crippen LogP contribution in [0, 0.1) is 5.41 Å². The Morgan fingerprint density at radius 3 is 2.35 bits per heavy atom. The molecule has 1 heterocycles. The second-order valence-corrected chi connectivity index (χ2v) is 11.3. The Morgan fingerprint density at radius 2 is 1.65 bits per heavy atom. The third kappa shape index (κ3) is 10.4. The summed E-state index contributed by atoms with van der Waals surface area (Å²) < 4.78 is 17.0.